The van der Waals surface area contributed by atoms with E-state index in [1.807, 2.05) is 0 Å². The van der Waals surface area contributed by atoms with Crippen molar-refractivity contribution in [2.45, 2.75) is 25.7 Å². The lowest BCUT2D eigenvalue weighted by Crippen LogP contribution is -2.23. The van der Waals surface area contributed by atoms with Crippen LogP contribution in [0.2, 0.25) is 10.0 Å². The Balaban J connectivity index is 1.67. The van der Waals surface area contributed by atoms with Gasteiger partial charge in [0.1, 0.15) is 5.00 Å². The number of hydrogen-bond donors (Lipinski definition) is 2. The van der Waals surface area contributed by atoms with Crippen LogP contribution in [-0.4, -0.2) is 24.4 Å². The van der Waals surface area contributed by atoms with E-state index in [1.165, 1.54) is 29.5 Å². The van der Waals surface area contributed by atoms with Crippen LogP contribution in [0.4, 0.5) is 5.00 Å². The van der Waals surface area contributed by atoms with E-state index < -0.39 is 24.4 Å². The average Bonchev–Trinajstić information content (AvgIpc) is 2.97. The first kappa shape index (κ1) is 19.7. The van der Waals surface area contributed by atoms with Gasteiger partial charge in [-0.25, -0.2) is 4.79 Å². The average molecular weight is 427 g/mol. The monoisotopic (exact) mass is 426 g/mol. The third-order valence-corrected chi connectivity index (χ3v) is 5.91. The molecule has 9 heteroatoms. The minimum atomic E-state index is -0.743. The van der Waals surface area contributed by atoms with Crippen molar-refractivity contribution in [3.63, 3.8) is 0 Å². The van der Waals surface area contributed by atoms with E-state index in [4.69, 9.17) is 33.7 Å². The number of anilines is 1. The van der Waals surface area contributed by atoms with Crippen LogP contribution >= 0.6 is 34.5 Å². The van der Waals surface area contributed by atoms with E-state index in [-0.39, 0.29) is 10.6 Å². The Kier molecular flexibility index (Phi) is 6.04. The summed E-state index contributed by atoms with van der Waals surface area (Å²) in [6, 6.07) is 4.33. The summed E-state index contributed by atoms with van der Waals surface area (Å²) in [7, 11) is 0. The van der Waals surface area contributed by atoms with Crippen LogP contribution < -0.4 is 11.1 Å². The van der Waals surface area contributed by atoms with Gasteiger partial charge in [-0.15, -0.1) is 11.3 Å². The highest BCUT2D eigenvalue weighted by Crippen LogP contribution is 2.37. The molecular formula is C18H16Cl2N2O4S. The maximum absolute atomic E-state index is 12.2. The number of hydrogen-bond acceptors (Lipinski definition) is 5. The van der Waals surface area contributed by atoms with Gasteiger partial charge in [0.05, 0.1) is 16.1 Å². The smallest absolute Gasteiger partial charge is 0.340 e. The molecule has 1 heterocycles. The molecule has 3 rings (SSSR count). The third-order valence-electron chi connectivity index (χ3n) is 4.16. The normalized spacial score (nSPS) is 13.0. The van der Waals surface area contributed by atoms with E-state index in [1.54, 1.807) is 0 Å². The zero-order valence-electron chi connectivity index (χ0n) is 14.1. The fourth-order valence-corrected chi connectivity index (χ4v) is 4.74. The molecule has 0 saturated carbocycles. The van der Waals surface area contributed by atoms with Crippen LogP contribution in [0.3, 0.4) is 0 Å². The number of aryl methyl sites for hydroxylation is 1. The van der Waals surface area contributed by atoms with Crippen LogP contribution in [-0.2, 0) is 22.4 Å². The molecule has 142 valence electrons. The fraction of sp³-hybridized carbons (Fsp3) is 0.278. The predicted octanol–water partition coefficient (Wildman–Crippen LogP) is 3.83. The van der Waals surface area contributed by atoms with Gasteiger partial charge in [0, 0.05) is 9.90 Å². The van der Waals surface area contributed by atoms with Crippen molar-refractivity contribution in [1.82, 2.24) is 0 Å². The van der Waals surface area contributed by atoms with Gasteiger partial charge in [-0.2, -0.15) is 0 Å². The molecule has 0 bridgehead atoms. The zero-order chi connectivity index (χ0) is 19.6. The van der Waals surface area contributed by atoms with Crippen LogP contribution in [0.25, 0.3) is 0 Å². The number of rotatable bonds is 5. The number of amides is 2. The van der Waals surface area contributed by atoms with Gasteiger partial charge in [0.15, 0.2) is 6.61 Å². The first-order chi connectivity index (χ1) is 12.9. The van der Waals surface area contributed by atoms with Gasteiger partial charge in [-0.05, 0) is 49.4 Å². The summed E-state index contributed by atoms with van der Waals surface area (Å²) in [4.78, 5) is 37.1. The summed E-state index contributed by atoms with van der Waals surface area (Å²) in [6.45, 7) is -0.515. The second-order valence-corrected chi connectivity index (χ2v) is 7.98. The third kappa shape index (κ3) is 4.43. The van der Waals surface area contributed by atoms with Crippen molar-refractivity contribution in [2.75, 3.05) is 11.9 Å². The Bertz CT molecular complexity index is 926. The minimum absolute atomic E-state index is 0.110. The number of carbonyl (C=O) groups excluding carboxylic acids is 3. The van der Waals surface area contributed by atoms with Gasteiger partial charge < -0.3 is 15.8 Å². The molecule has 3 N–H and O–H groups in total. The van der Waals surface area contributed by atoms with Crippen LogP contribution in [0, 0.1) is 0 Å². The number of thiophene rings is 1. The molecule has 27 heavy (non-hydrogen) atoms. The van der Waals surface area contributed by atoms with Crippen LogP contribution in [0.5, 0.6) is 0 Å². The molecule has 0 atom stereocenters. The van der Waals surface area contributed by atoms with Crippen molar-refractivity contribution < 1.29 is 19.1 Å². The second-order valence-electron chi connectivity index (χ2n) is 6.03. The maximum Gasteiger partial charge on any atom is 0.340 e. The van der Waals surface area contributed by atoms with Gasteiger partial charge in [0.2, 0.25) is 0 Å². The Morgan fingerprint density at radius 1 is 1.19 bits per heavy atom. The van der Waals surface area contributed by atoms with Gasteiger partial charge >= 0.3 is 5.97 Å². The molecule has 2 aromatic rings. The Morgan fingerprint density at radius 2 is 1.93 bits per heavy atom. The van der Waals surface area contributed by atoms with Crippen LogP contribution in [0.15, 0.2) is 18.2 Å². The highest BCUT2D eigenvalue weighted by atomic mass is 35.5. The second kappa shape index (κ2) is 8.29. The zero-order valence-corrected chi connectivity index (χ0v) is 16.5. The summed E-state index contributed by atoms with van der Waals surface area (Å²) in [6.07, 6.45) is 3.65. The fourth-order valence-electron chi connectivity index (χ4n) is 2.94. The van der Waals surface area contributed by atoms with Crippen molar-refractivity contribution in [3.8, 4) is 0 Å². The summed E-state index contributed by atoms with van der Waals surface area (Å²) in [5.41, 5.74) is 6.87. The SMILES string of the molecule is NC(=O)c1c(NC(=O)COC(=O)c2ccc(Cl)cc2Cl)sc2c1CCCC2. The highest BCUT2D eigenvalue weighted by Gasteiger charge is 2.25. The molecular weight excluding hydrogens is 411 g/mol. The molecule has 1 aromatic carbocycles. The Hall–Kier alpha value is -2.09. The molecule has 1 aliphatic rings. The number of ether oxygens (including phenoxy) is 1. The lowest BCUT2D eigenvalue weighted by molar-refractivity contribution is -0.119. The molecule has 0 radical (unpaired) electrons. The van der Waals surface area contributed by atoms with E-state index >= 15 is 0 Å². The summed E-state index contributed by atoms with van der Waals surface area (Å²) >= 11 is 13.1. The van der Waals surface area contributed by atoms with E-state index in [9.17, 15) is 14.4 Å². The maximum atomic E-state index is 12.2. The molecule has 0 unspecified atom stereocenters. The Labute approximate surface area is 169 Å². The molecule has 0 spiro atoms. The Morgan fingerprint density at radius 3 is 2.63 bits per heavy atom. The summed E-state index contributed by atoms with van der Waals surface area (Å²) in [5, 5.41) is 3.55. The topological polar surface area (TPSA) is 98.5 Å². The van der Waals surface area contributed by atoms with Gasteiger partial charge in [-0.1, -0.05) is 23.2 Å². The first-order valence-electron chi connectivity index (χ1n) is 8.23. The number of nitrogens with one attached hydrogen (secondary N) is 1. The number of carbonyl (C=O) groups is 3. The van der Waals surface area contributed by atoms with Gasteiger partial charge in [-0.3, -0.25) is 9.59 Å². The molecule has 1 aromatic heterocycles. The quantitative estimate of drug-likeness (QED) is 0.709. The van der Waals surface area contributed by atoms with Crippen molar-refractivity contribution in [2.24, 2.45) is 5.73 Å². The van der Waals surface area contributed by atoms with Gasteiger partial charge in [0.25, 0.3) is 11.8 Å². The lowest BCUT2D eigenvalue weighted by Gasteiger charge is -2.11. The first-order valence-corrected chi connectivity index (χ1v) is 9.80. The minimum Gasteiger partial charge on any atom is -0.452 e. The van der Waals surface area contributed by atoms with Crippen LogP contribution in [0.1, 0.15) is 44.0 Å². The molecule has 0 aliphatic heterocycles. The number of esters is 1. The summed E-state index contributed by atoms with van der Waals surface area (Å²) in [5.74, 6) is -1.88. The molecule has 0 saturated heterocycles. The largest absolute Gasteiger partial charge is 0.452 e. The lowest BCUT2D eigenvalue weighted by atomic mass is 9.95. The van der Waals surface area contributed by atoms with E-state index in [0.29, 0.717) is 15.6 Å². The number of benzene rings is 1. The molecule has 6 nitrogen and oxygen atoms in total. The van der Waals surface area contributed by atoms with Crippen molar-refractivity contribution in [1.29, 1.82) is 0 Å². The molecule has 0 fully saturated rings. The van der Waals surface area contributed by atoms with E-state index in [2.05, 4.69) is 5.32 Å². The standard InChI is InChI=1S/C18H16Cl2N2O4S/c19-9-5-6-10(12(20)7-9)18(25)26-8-14(23)22-17-15(16(21)24)11-3-1-2-4-13(11)27-17/h5-7H,1-4,8H2,(H2,21,24)(H,22,23). The predicted molar refractivity (Wildman–Crippen MR) is 105 cm³/mol. The van der Waals surface area contributed by atoms with Crippen molar-refractivity contribution in [3.05, 3.63) is 49.8 Å². The van der Waals surface area contributed by atoms with Crippen molar-refractivity contribution >= 4 is 57.3 Å². The number of fused-ring (bicyclic) bond motifs is 1. The molecule has 1 aliphatic carbocycles. The summed E-state index contributed by atoms with van der Waals surface area (Å²) < 4.78 is 5.00. The number of primary amides is 1. The number of nitrogens with two attached hydrogens (primary N) is 1. The highest BCUT2D eigenvalue weighted by molar-refractivity contribution is 7.17. The molecule has 2 amide bonds. The number of halogens is 2. The van der Waals surface area contributed by atoms with E-state index in [0.717, 1.165) is 36.1 Å².